The molecule has 0 bridgehead atoms. The van der Waals surface area contributed by atoms with Gasteiger partial charge in [-0.2, -0.15) is 0 Å². The number of hydrogen-bond acceptors (Lipinski definition) is 4. The number of rotatable bonds is 4. The second-order valence-corrected chi connectivity index (χ2v) is 8.35. The summed E-state index contributed by atoms with van der Waals surface area (Å²) in [6.45, 7) is 0.878. The maximum atomic E-state index is 12.9. The Hall–Kier alpha value is -3.25. The zero-order chi connectivity index (χ0) is 20.5. The molecule has 2 aliphatic heterocycles. The minimum absolute atomic E-state index is 0.00132. The fourth-order valence-electron chi connectivity index (χ4n) is 4.06. The first-order chi connectivity index (χ1) is 14.7. The molecule has 0 unspecified atom stereocenters. The Morgan fingerprint density at radius 3 is 2.47 bits per heavy atom. The standard InChI is InChI=1S/C24H21N3O2S/c28-23(15-27-21-11-5-6-12-22(21)30-16-24(27)29)25-18-8-2-4-10-20(18)26-14-13-17-7-1-3-9-19(17)26/h1-12H,13-16H2,(H,25,28). The van der Waals surface area contributed by atoms with Crippen LogP contribution in [0.4, 0.5) is 22.7 Å². The normalized spacial score (nSPS) is 15.0. The second-order valence-electron chi connectivity index (χ2n) is 7.33. The van der Waals surface area contributed by atoms with Gasteiger partial charge in [0, 0.05) is 17.1 Å². The second kappa shape index (κ2) is 7.88. The summed E-state index contributed by atoms with van der Waals surface area (Å²) in [7, 11) is 0. The molecular formula is C24H21N3O2S. The van der Waals surface area contributed by atoms with Crippen molar-refractivity contribution in [2.24, 2.45) is 0 Å². The van der Waals surface area contributed by atoms with Gasteiger partial charge in [-0.25, -0.2) is 0 Å². The number of carbonyl (C=O) groups is 2. The fourth-order valence-corrected chi connectivity index (χ4v) is 5.00. The average Bonchev–Trinajstić information content (AvgIpc) is 3.20. The molecule has 5 rings (SSSR count). The summed E-state index contributed by atoms with van der Waals surface area (Å²) in [5.41, 5.74) is 5.02. The van der Waals surface area contributed by atoms with Crippen LogP contribution in [-0.2, 0) is 16.0 Å². The molecule has 0 aromatic heterocycles. The minimum Gasteiger partial charge on any atom is -0.339 e. The van der Waals surface area contributed by atoms with Gasteiger partial charge in [0.2, 0.25) is 11.8 Å². The van der Waals surface area contributed by atoms with Crippen molar-refractivity contribution >= 4 is 46.3 Å². The van der Waals surface area contributed by atoms with Gasteiger partial charge in [0.1, 0.15) is 6.54 Å². The van der Waals surface area contributed by atoms with Gasteiger partial charge in [-0.15, -0.1) is 11.8 Å². The highest BCUT2D eigenvalue weighted by molar-refractivity contribution is 8.00. The lowest BCUT2D eigenvalue weighted by Gasteiger charge is -2.28. The third-order valence-electron chi connectivity index (χ3n) is 5.47. The van der Waals surface area contributed by atoms with Crippen LogP contribution in [-0.4, -0.2) is 30.7 Å². The number of thioether (sulfide) groups is 1. The molecule has 2 amide bonds. The third-order valence-corrected chi connectivity index (χ3v) is 6.51. The zero-order valence-electron chi connectivity index (χ0n) is 16.4. The van der Waals surface area contributed by atoms with E-state index >= 15 is 0 Å². The van der Waals surface area contributed by atoms with Crippen molar-refractivity contribution < 1.29 is 9.59 Å². The molecule has 0 aliphatic carbocycles. The highest BCUT2D eigenvalue weighted by atomic mass is 32.2. The van der Waals surface area contributed by atoms with Crippen molar-refractivity contribution in [1.82, 2.24) is 0 Å². The van der Waals surface area contributed by atoms with Crippen LogP contribution in [0.5, 0.6) is 0 Å². The Kier molecular flexibility index (Phi) is 4.93. The first-order valence-electron chi connectivity index (χ1n) is 9.97. The Morgan fingerprint density at radius 1 is 0.900 bits per heavy atom. The molecule has 0 radical (unpaired) electrons. The number of nitrogens with one attached hydrogen (secondary N) is 1. The lowest BCUT2D eigenvalue weighted by atomic mass is 10.1. The summed E-state index contributed by atoms with van der Waals surface area (Å²) in [5, 5.41) is 3.04. The van der Waals surface area contributed by atoms with E-state index < -0.39 is 0 Å². The molecular weight excluding hydrogens is 394 g/mol. The summed E-state index contributed by atoms with van der Waals surface area (Å²) in [6, 6.07) is 23.9. The van der Waals surface area contributed by atoms with Crippen LogP contribution in [0.1, 0.15) is 5.56 Å². The summed E-state index contributed by atoms with van der Waals surface area (Å²) >= 11 is 1.51. The molecule has 3 aromatic rings. The van der Waals surface area contributed by atoms with Crippen molar-refractivity contribution in [1.29, 1.82) is 0 Å². The number of nitrogens with zero attached hydrogens (tertiary/aromatic N) is 2. The van der Waals surface area contributed by atoms with E-state index in [1.54, 1.807) is 4.90 Å². The molecule has 30 heavy (non-hydrogen) atoms. The first kappa shape index (κ1) is 18.8. The van der Waals surface area contributed by atoms with Crippen LogP contribution in [0, 0.1) is 0 Å². The number of hydrogen-bond donors (Lipinski definition) is 1. The van der Waals surface area contributed by atoms with Gasteiger partial charge in [-0.05, 0) is 42.3 Å². The van der Waals surface area contributed by atoms with Gasteiger partial charge in [0.15, 0.2) is 0 Å². The largest absolute Gasteiger partial charge is 0.339 e. The summed E-state index contributed by atoms with van der Waals surface area (Å²) in [4.78, 5) is 30.2. The molecule has 0 saturated carbocycles. The Morgan fingerprint density at radius 2 is 1.60 bits per heavy atom. The summed E-state index contributed by atoms with van der Waals surface area (Å²) in [5.74, 6) is 0.103. The molecule has 2 heterocycles. The molecule has 150 valence electrons. The van der Waals surface area contributed by atoms with Crippen LogP contribution in [0.25, 0.3) is 0 Å². The molecule has 0 saturated heterocycles. The molecule has 0 spiro atoms. The van der Waals surface area contributed by atoms with Gasteiger partial charge >= 0.3 is 0 Å². The third kappa shape index (κ3) is 3.44. The van der Waals surface area contributed by atoms with Crippen LogP contribution in [0.15, 0.2) is 77.7 Å². The van der Waals surface area contributed by atoms with E-state index in [4.69, 9.17) is 0 Å². The van der Waals surface area contributed by atoms with Crippen molar-refractivity contribution in [2.75, 3.05) is 34.0 Å². The van der Waals surface area contributed by atoms with Crippen molar-refractivity contribution in [3.63, 3.8) is 0 Å². The number of benzene rings is 3. The van der Waals surface area contributed by atoms with Gasteiger partial charge in [-0.1, -0.05) is 42.5 Å². The maximum Gasteiger partial charge on any atom is 0.244 e. The van der Waals surface area contributed by atoms with E-state index in [9.17, 15) is 9.59 Å². The van der Waals surface area contributed by atoms with Crippen LogP contribution < -0.4 is 15.1 Å². The maximum absolute atomic E-state index is 12.9. The van der Waals surface area contributed by atoms with Crippen molar-refractivity contribution in [2.45, 2.75) is 11.3 Å². The van der Waals surface area contributed by atoms with Crippen molar-refractivity contribution in [3.8, 4) is 0 Å². The van der Waals surface area contributed by atoms with E-state index in [-0.39, 0.29) is 18.4 Å². The Bertz CT molecular complexity index is 1130. The zero-order valence-corrected chi connectivity index (χ0v) is 17.2. The fraction of sp³-hybridized carbons (Fsp3) is 0.167. The monoisotopic (exact) mass is 415 g/mol. The number of fused-ring (bicyclic) bond motifs is 2. The van der Waals surface area contributed by atoms with Gasteiger partial charge in [0.25, 0.3) is 0 Å². The molecule has 0 atom stereocenters. The van der Waals surface area contributed by atoms with Crippen LogP contribution in [0.2, 0.25) is 0 Å². The van der Waals surface area contributed by atoms with E-state index in [0.717, 1.165) is 34.9 Å². The summed E-state index contributed by atoms with van der Waals surface area (Å²) in [6.07, 6.45) is 0.981. The topological polar surface area (TPSA) is 52.7 Å². The smallest absolute Gasteiger partial charge is 0.244 e. The van der Waals surface area contributed by atoms with Gasteiger partial charge in [-0.3, -0.25) is 9.59 Å². The molecule has 1 N–H and O–H groups in total. The number of para-hydroxylation sites is 4. The molecule has 5 nitrogen and oxygen atoms in total. The van der Waals surface area contributed by atoms with Crippen molar-refractivity contribution in [3.05, 3.63) is 78.4 Å². The van der Waals surface area contributed by atoms with Gasteiger partial charge < -0.3 is 15.1 Å². The lowest BCUT2D eigenvalue weighted by Crippen LogP contribution is -2.41. The molecule has 3 aromatic carbocycles. The van der Waals surface area contributed by atoms with E-state index in [1.165, 1.54) is 23.0 Å². The predicted octanol–water partition coefficient (Wildman–Crippen LogP) is 4.46. The molecule has 2 aliphatic rings. The first-order valence-corrected chi connectivity index (χ1v) is 11.0. The molecule has 0 fully saturated rings. The van der Waals surface area contributed by atoms with E-state index in [2.05, 4.69) is 28.4 Å². The quantitative estimate of drug-likeness (QED) is 0.684. The summed E-state index contributed by atoms with van der Waals surface area (Å²) < 4.78 is 0. The lowest BCUT2D eigenvalue weighted by molar-refractivity contribution is -0.120. The Balaban J connectivity index is 1.38. The number of amides is 2. The Labute approximate surface area is 179 Å². The van der Waals surface area contributed by atoms with Crippen LogP contribution in [0.3, 0.4) is 0 Å². The number of carbonyl (C=O) groups excluding carboxylic acids is 2. The van der Waals surface area contributed by atoms with E-state index in [1.807, 2.05) is 54.6 Å². The SMILES string of the molecule is O=C(CN1C(=O)CSc2ccccc21)Nc1ccccc1N1CCc2ccccc21. The predicted molar refractivity (Wildman–Crippen MR) is 122 cm³/mol. The molecule has 6 heteroatoms. The van der Waals surface area contributed by atoms with Gasteiger partial charge in [0.05, 0.1) is 22.8 Å². The van der Waals surface area contributed by atoms with E-state index in [0.29, 0.717) is 5.75 Å². The average molecular weight is 416 g/mol. The van der Waals surface area contributed by atoms with Crippen LogP contribution >= 0.6 is 11.8 Å². The minimum atomic E-state index is -0.204. The number of anilines is 4. The highest BCUT2D eigenvalue weighted by Crippen LogP contribution is 2.38. The highest BCUT2D eigenvalue weighted by Gasteiger charge is 2.27.